The molecule has 0 radical (unpaired) electrons. The Labute approximate surface area is 161 Å². The van der Waals surface area contributed by atoms with E-state index in [1.54, 1.807) is 0 Å². The van der Waals surface area contributed by atoms with Crippen LogP contribution in [0.5, 0.6) is 0 Å². The molecule has 6 nitrogen and oxygen atoms in total. The summed E-state index contributed by atoms with van der Waals surface area (Å²) in [6.45, 7) is 2.33. The van der Waals surface area contributed by atoms with Crippen molar-refractivity contribution in [1.82, 2.24) is 24.6 Å². The lowest BCUT2D eigenvalue weighted by Gasteiger charge is -2.32. The molecule has 0 saturated carbocycles. The minimum atomic E-state index is 0.157. The Bertz CT molecular complexity index is 841. The van der Waals surface area contributed by atoms with Crippen LogP contribution in [0.3, 0.4) is 0 Å². The van der Waals surface area contributed by atoms with Crippen molar-refractivity contribution in [3.05, 3.63) is 46.5 Å². The van der Waals surface area contributed by atoms with Crippen molar-refractivity contribution in [3.8, 4) is 0 Å². The van der Waals surface area contributed by atoms with Crippen LogP contribution in [-0.4, -0.2) is 57.7 Å². The van der Waals surface area contributed by atoms with Gasteiger partial charge in [-0.2, -0.15) is 0 Å². The van der Waals surface area contributed by atoms with Crippen LogP contribution in [-0.2, 0) is 26.4 Å². The summed E-state index contributed by atoms with van der Waals surface area (Å²) in [6, 6.07) is 6.27. The van der Waals surface area contributed by atoms with E-state index in [0.717, 1.165) is 62.5 Å². The van der Waals surface area contributed by atoms with Crippen LogP contribution in [0.4, 0.5) is 0 Å². The molecule has 6 heteroatoms. The summed E-state index contributed by atoms with van der Waals surface area (Å²) in [7, 11) is 6.10. The lowest BCUT2D eigenvalue weighted by atomic mass is 9.96. The standard InChI is InChI=1S/C21H29N5O/c1-24(2)14-19-22-23-20(25(19)3)18-8-5-11-26(13-18)21(27)17-10-9-15-6-4-7-16(15)12-17/h9-10,12,18H,4-8,11,13-14H2,1-3H3. The topological polar surface area (TPSA) is 54.3 Å². The molecule has 1 saturated heterocycles. The van der Waals surface area contributed by atoms with Crippen LogP contribution in [0.2, 0.25) is 0 Å². The number of aryl methyl sites for hydroxylation is 2. The van der Waals surface area contributed by atoms with E-state index >= 15 is 0 Å². The van der Waals surface area contributed by atoms with Crippen molar-refractivity contribution >= 4 is 5.91 Å². The van der Waals surface area contributed by atoms with Crippen LogP contribution in [0, 0.1) is 0 Å². The Morgan fingerprint density at radius 3 is 2.81 bits per heavy atom. The van der Waals surface area contributed by atoms with Crippen molar-refractivity contribution in [2.24, 2.45) is 7.05 Å². The van der Waals surface area contributed by atoms with Gasteiger partial charge in [0, 0.05) is 31.6 Å². The molecule has 1 aromatic heterocycles. The minimum Gasteiger partial charge on any atom is -0.338 e. The molecule has 1 unspecified atom stereocenters. The average molecular weight is 367 g/mol. The number of carbonyl (C=O) groups is 1. The highest BCUT2D eigenvalue weighted by Crippen LogP contribution is 2.28. The van der Waals surface area contributed by atoms with Crippen molar-refractivity contribution < 1.29 is 4.79 Å². The third-order valence-electron chi connectivity index (χ3n) is 5.88. The summed E-state index contributed by atoms with van der Waals surface area (Å²) in [4.78, 5) is 17.2. The van der Waals surface area contributed by atoms with Crippen molar-refractivity contribution in [2.75, 3.05) is 27.2 Å². The molecular formula is C21H29N5O. The van der Waals surface area contributed by atoms with Crippen molar-refractivity contribution in [3.63, 3.8) is 0 Å². The normalized spacial score (nSPS) is 19.6. The first kappa shape index (κ1) is 18.2. The number of hydrogen-bond donors (Lipinski definition) is 0. The number of amides is 1. The second-order valence-electron chi connectivity index (χ2n) is 8.20. The number of aromatic nitrogens is 3. The van der Waals surface area contributed by atoms with E-state index in [1.807, 2.05) is 32.1 Å². The van der Waals surface area contributed by atoms with Gasteiger partial charge < -0.3 is 14.4 Å². The molecule has 0 spiro atoms. The smallest absolute Gasteiger partial charge is 0.253 e. The number of rotatable bonds is 4. The molecule has 1 aromatic carbocycles. The first-order chi connectivity index (χ1) is 13.0. The lowest BCUT2D eigenvalue weighted by molar-refractivity contribution is 0.0703. The predicted octanol–water partition coefficient (Wildman–Crippen LogP) is 2.39. The molecule has 2 aliphatic rings. The largest absolute Gasteiger partial charge is 0.338 e. The quantitative estimate of drug-likeness (QED) is 0.833. The van der Waals surface area contributed by atoms with E-state index in [1.165, 1.54) is 17.5 Å². The fourth-order valence-corrected chi connectivity index (χ4v) is 4.41. The Hall–Kier alpha value is -2.21. The molecule has 2 heterocycles. The predicted molar refractivity (Wildman–Crippen MR) is 105 cm³/mol. The Balaban J connectivity index is 1.50. The monoisotopic (exact) mass is 367 g/mol. The van der Waals surface area contributed by atoms with E-state index in [4.69, 9.17) is 0 Å². The van der Waals surface area contributed by atoms with Gasteiger partial charge in [0.1, 0.15) is 11.6 Å². The Kier molecular flexibility index (Phi) is 5.00. The molecule has 144 valence electrons. The number of carbonyl (C=O) groups excluding carboxylic acids is 1. The zero-order valence-electron chi connectivity index (χ0n) is 16.6. The maximum atomic E-state index is 13.1. The van der Waals surface area contributed by atoms with E-state index in [2.05, 4.69) is 31.8 Å². The van der Waals surface area contributed by atoms with Gasteiger partial charge in [0.25, 0.3) is 5.91 Å². The van der Waals surface area contributed by atoms with E-state index < -0.39 is 0 Å². The number of piperidine rings is 1. The van der Waals surface area contributed by atoms with Crippen LogP contribution in [0.1, 0.15) is 58.3 Å². The summed E-state index contributed by atoms with van der Waals surface area (Å²) in [5, 5.41) is 8.82. The number of benzene rings is 1. The van der Waals surface area contributed by atoms with Crippen LogP contribution < -0.4 is 0 Å². The number of likely N-dealkylation sites (tertiary alicyclic amines) is 1. The van der Waals surface area contributed by atoms with Crippen molar-refractivity contribution in [2.45, 2.75) is 44.6 Å². The molecular weight excluding hydrogens is 338 g/mol. The van der Waals surface area contributed by atoms with Gasteiger partial charge in [-0.05, 0) is 69.5 Å². The average Bonchev–Trinajstić information content (AvgIpc) is 3.27. The fraction of sp³-hybridized carbons (Fsp3) is 0.571. The van der Waals surface area contributed by atoms with Gasteiger partial charge in [0.2, 0.25) is 0 Å². The molecule has 1 fully saturated rings. The van der Waals surface area contributed by atoms with Gasteiger partial charge in [-0.15, -0.1) is 10.2 Å². The Morgan fingerprint density at radius 2 is 2.00 bits per heavy atom. The molecule has 4 rings (SSSR count). The highest BCUT2D eigenvalue weighted by Gasteiger charge is 2.29. The lowest BCUT2D eigenvalue weighted by Crippen LogP contribution is -2.39. The summed E-state index contributed by atoms with van der Waals surface area (Å²) in [6.07, 6.45) is 5.53. The first-order valence-electron chi connectivity index (χ1n) is 9.97. The number of fused-ring (bicyclic) bond motifs is 1. The summed E-state index contributed by atoms with van der Waals surface area (Å²) < 4.78 is 2.11. The van der Waals surface area contributed by atoms with E-state index in [9.17, 15) is 4.79 Å². The molecule has 1 amide bonds. The third-order valence-corrected chi connectivity index (χ3v) is 5.88. The van der Waals surface area contributed by atoms with Crippen LogP contribution in [0.15, 0.2) is 18.2 Å². The number of hydrogen-bond acceptors (Lipinski definition) is 4. The summed E-state index contributed by atoms with van der Waals surface area (Å²) in [5.74, 6) is 2.38. The van der Waals surface area contributed by atoms with Gasteiger partial charge in [0.15, 0.2) is 0 Å². The molecule has 1 aliphatic carbocycles. The van der Waals surface area contributed by atoms with Gasteiger partial charge in [-0.25, -0.2) is 0 Å². The molecule has 2 aromatic rings. The molecule has 1 atom stereocenters. The fourth-order valence-electron chi connectivity index (χ4n) is 4.41. The zero-order chi connectivity index (χ0) is 19.0. The molecule has 27 heavy (non-hydrogen) atoms. The van der Waals surface area contributed by atoms with Gasteiger partial charge in [-0.1, -0.05) is 6.07 Å². The second-order valence-corrected chi connectivity index (χ2v) is 8.20. The van der Waals surface area contributed by atoms with E-state index in [-0.39, 0.29) is 11.8 Å². The van der Waals surface area contributed by atoms with Gasteiger partial charge in [0.05, 0.1) is 6.54 Å². The SMILES string of the molecule is CN(C)Cc1nnc(C2CCCN(C(=O)c3ccc4c(c3)CCC4)C2)n1C. The zero-order valence-corrected chi connectivity index (χ0v) is 16.6. The van der Waals surface area contributed by atoms with Crippen LogP contribution >= 0.6 is 0 Å². The molecule has 0 bridgehead atoms. The summed E-state index contributed by atoms with van der Waals surface area (Å²) in [5.41, 5.74) is 3.61. The maximum Gasteiger partial charge on any atom is 0.253 e. The summed E-state index contributed by atoms with van der Waals surface area (Å²) >= 11 is 0. The van der Waals surface area contributed by atoms with Crippen LogP contribution in [0.25, 0.3) is 0 Å². The Morgan fingerprint density at radius 1 is 1.19 bits per heavy atom. The van der Waals surface area contributed by atoms with E-state index in [0.29, 0.717) is 0 Å². The highest BCUT2D eigenvalue weighted by molar-refractivity contribution is 5.94. The van der Waals surface area contributed by atoms with Crippen molar-refractivity contribution in [1.29, 1.82) is 0 Å². The third kappa shape index (κ3) is 3.63. The number of nitrogens with zero attached hydrogens (tertiary/aromatic N) is 5. The van der Waals surface area contributed by atoms with Gasteiger partial charge in [-0.3, -0.25) is 4.79 Å². The molecule has 1 aliphatic heterocycles. The minimum absolute atomic E-state index is 0.157. The maximum absolute atomic E-state index is 13.1. The second kappa shape index (κ2) is 7.43. The molecule has 0 N–H and O–H groups in total. The first-order valence-corrected chi connectivity index (χ1v) is 9.97. The van der Waals surface area contributed by atoms with Gasteiger partial charge >= 0.3 is 0 Å². The highest BCUT2D eigenvalue weighted by atomic mass is 16.2.